The average Bonchev–Trinajstić information content (AvgIpc) is 2.52. The zero-order valence-corrected chi connectivity index (χ0v) is 17.3. The molecule has 0 aliphatic heterocycles. The number of hydrogen-bond acceptors (Lipinski definition) is 3. The van der Waals surface area contributed by atoms with Gasteiger partial charge < -0.3 is 9.47 Å². The topological polar surface area (TPSA) is 35.5 Å². The minimum Gasteiger partial charge on any atom is -0.346 e. The Balaban J connectivity index is 3.79. The van der Waals surface area contributed by atoms with Crippen LogP contribution >= 0.6 is 0 Å². The molecule has 0 aliphatic carbocycles. The van der Waals surface area contributed by atoms with Crippen molar-refractivity contribution < 1.29 is 14.3 Å². The van der Waals surface area contributed by atoms with Crippen molar-refractivity contribution in [3.8, 4) is 0 Å². The first kappa shape index (κ1) is 24.1. The maximum Gasteiger partial charge on any atom is 0.214 e. The molecule has 25 heavy (non-hydrogen) atoms. The van der Waals surface area contributed by atoms with E-state index in [2.05, 4.69) is 53.7 Å². The Labute approximate surface area is 155 Å². The fraction of sp³-hybridized carbons (Fsp3) is 0.773. The summed E-state index contributed by atoms with van der Waals surface area (Å²) in [4.78, 5) is 11.1. The van der Waals surface area contributed by atoms with Crippen LogP contribution < -0.4 is 0 Å². The highest BCUT2D eigenvalue weighted by molar-refractivity contribution is 5.53. The van der Waals surface area contributed by atoms with Gasteiger partial charge in [-0.25, -0.2) is 0 Å². The fourth-order valence-electron chi connectivity index (χ4n) is 2.50. The third-order valence-electron chi connectivity index (χ3n) is 4.32. The summed E-state index contributed by atoms with van der Waals surface area (Å²) in [6, 6.07) is 0. The monoisotopic (exact) mass is 352 g/mol. The summed E-state index contributed by atoms with van der Waals surface area (Å²) in [6.07, 6.45) is 11.1. The summed E-state index contributed by atoms with van der Waals surface area (Å²) in [5, 5.41) is 0. The Morgan fingerprint density at radius 3 is 1.48 bits per heavy atom. The van der Waals surface area contributed by atoms with Gasteiger partial charge in [0.05, 0.1) is 13.2 Å². The lowest BCUT2D eigenvalue weighted by Crippen LogP contribution is -2.21. The van der Waals surface area contributed by atoms with Crippen molar-refractivity contribution in [2.24, 2.45) is 11.8 Å². The summed E-state index contributed by atoms with van der Waals surface area (Å²) < 4.78 is 11.1. The minimum absolute atomic E-state index is 0.579. The second kappa shape index (κ2) is 15.3. The average molecular weight is 353 g/mol. The van der Waals surface area contributed by atoms with Crippen molar-refractivity contribution >= 4 is 6.29 Å². The third-order valence-corrected chi connectivity index (χ3v) is 4.32. The Hall–Kier alpha value is -0.930. The van der Waals surface area contributed by atoms with Crippen molar-refractivity contribution in [3.63, 3.8) is 0 Å². The molecule has 146 valence electrons. The molecule has 0 N–H and O–H groups in total. The van der Waals surface area contributed by atoms with Gasteiger partial charge in [-0.15, -0.1) is 0 Å². The molecule has 0 amide bonds. The molecule has 0 saturated carbocycles. The fourth-order valence-corrected chi connectivity index (χ4v) is 2.50. The van der Waals surface area contributed by atoms with Crippen molar-refractivity contribution in [2.75, 3.05) is 13.2 Å². The van der Waals surface area contributed by atoms with Crippen molar-refractivity contribution in [3.05, 3.63) is 23.3 Å². The van der Waals surface area contributed by atoms with Gasteiger partial charge in [-0.05, 0) is 78.1 Å². The summed E-state index contributed by atoms with van der Waals surface area (Å²) in [5.74, 6) is 1.19. The molecule has 0 heterocycles. The summed E-state index contributed by atoms with van der Waals surface area (Å²) in [6.45, 7) is 14.1. The van der Waals surface area contributed by atoms with Gasteiger partial charge in [0.15, 0.2) is 6.29 Å². The van der Waals surface area contributed by atoms with E-state index in [1.54, 1.807) is 0 Å². The van der Waals surface area contributed by atoms with Gasteiger partial charge in [0.2, 0.25) is 6.29 Å². The van der Waals surface area contributed by atoms with E-state index in [-0.39, 0.29) is 0 Å². The van der Waals surface area contributed by atoms with Crippen LogP contribution in [0.1, 0.15) is 80.1 Å². The number of rotatable bonds is 15. The summed E-state index contributed by atoms with van der Waals surface area (Å²) >= 11 is 0. The zero-order valence-electron chi connectivity index (χ0n) is 17.3. The van der Waals surface area contributed by atoms with Gasteiger partial charge in [-0.3, -0.25) is 4.79 Å². The number of ether oxygens (including phenoxy) is 2. The van der Waals surface area contributed by atoms with E-state index in [9.17, 15) is 4.79 Å². The number of allylic oxidation sites excluding steroid dienone is 4. The Kier molecular flexibility index (Phi) is 14.8. The Morgan fingerprint density at radius 2 is 1.16 bits per heavy atom. The lowest BCUT2D eigenvalue weighted by atomic mass is 10.0. The molecule has 0 aromatic carbocycles. The SMILES string of the molecule is CC(C)=CCCC(C)CCOC(C=O)OCCC(C)CCC=C(C)C. The first-order valence-electron chi connectivity index (χ1n) is 9.80. The van der Waals surface area contributed by atoms with Gasteiger partial charge in [-0.2, -0.15) is 0 Å². The minimum atomic E-state index is -0.713. The largest absolute Gasteiger partial charge is 0.346 e. The Morgan fingerprint density at radius 1 is 0.760 bits per heavy atom. The van der Waals surface area contributed by atoms with E-state index >= 15 is 0 Å². The van der Waals surface area contributed by atoms with Gasteiger partial charge in [-0.1, -0.05) is 37.1 Å². The first-order chi connectivity index (χ1) is 11.8. The van der Waals surface area contributed by atoms with Crippen LogP contribution in [0.4, 0.5) is 0 Å². The smallest absolute Gasteiger partial charge is 0.214 e. The molecule has 0 aromatic rings. The van der Waals surface area contributed by atoms with E-state index in [4.69, 9.17) is 9.47 Å². The maximum absolute atomic E-state index is 11.1. The molecule has 2 atom stereocenters. The number of carbonyl (C=O) groups is 1. The highest BCUT2D eigenvalue weighted by atomic mass is 16.7. The number of carbonyl (C=O) groups excluding carboxylic acids is 1. The van der Waals surface area contributed by atoms with E-state index in [0.717, 1.165) is 44.8 Å². The van der Waals surface area contributed by atoms with Crippen LogP contribution in [0.25, 0.3) is 0 Å². The molecule has 0 aliphatic rings. The lowest BCUT2D eigenvalue weighted by molar-refractivity contribution is -0.159. The molecule has 0 bridgehead atoms. The quantitative estimate of drug-likeness (QED) is 0.203. The summed E-state index contributed by atoms with van der Waals surface area (Å²) in [7, 11) is 0. The Bertz CT molecular complexity index is 356. The molecule has 3 nitrogen and oxygen atoms in total. The zero-order chi connectivity index (χ0) is 19.1. The van der Waals surface area contributed by atoms with E-state index in [0.29, 0.717) is 25.0 Å². The van der Waals surface area contributed by atoms with Crippen molar-refractivity contribution in [1.29, 1.82) is 0 Å². The van der Waals surface area contributed by atoms with Crippen LogP contribution in [-0.2, 0) is 14.3 Å². The first-order valence-corrected chi connectivity index (χ1v) is 9.80. The number of hydrogen-bond donors (Lipinski definition) is 0. The van der Waals surface area contributed by atoms with Crippen LogP contribution in [0.15, 0.2) is 23.3 Å². The van der Waals surface area contributed by atoms with Crippen molar-refractivity contribution in [1.82, 2.24) is 0 Å². The van der Waals surface area contributed by atoms with Gasteiger partial charge in [0.25, 0.3) is 0 Å². The molecule has 0 saturated heterocycles. The van der Waals surface area contributed by atoms with Crippen LogP contribution in [0, 0.1) is 11.8 Å². The van der Waals surface area contributed by atoms with Crippen molar-refractivity contribution in [2.45, 2.75) is 86.4 Å². The van der Waals surface area contributed by atoms with Crippen LogP contribution in [-0.4, -0.2) is 25.8 Å². The molecule has 0 rings (SSSR count). The van der Waals surface area contributed by atoms with Crippen LogP contribution in [0.2, 0.25) is 0 Å². The molecule has 0 aromatic heterocycles. The van der Waals surface area contributed by atoms with Gasteiger partial charge >= 0.3 is 0 Å². The van der Waals surface area contributed by atoms with Gasteiger partial charge in [0.1, 0.15) is 0 Å². The normalized spacial score (nSPS) is 14.5. The second-order valence-corrected chi connectivity index (χ2v) is 7.75. The predicted octanol–water partition coefficient (Wildman–Crippen LogP) is 6.09. The van der Waals surface area contributed by atoms with E-state index in [1.165, 1.54) is 11.1 Å². The van der Waals surface area contributed by atoms with E-state index < -0.39 is 6.29 Å². The van der Waals surface area contributed by atoms with Gasteiger partial charge in [0, 0.05) is 0 Å². The maximum atomic E-state index is 11.1. The molecule has 3 heteroatoms. The third kappa shape index (κ3) is 16.3. The molecule has 0 radical (unpaired) electrons. The predicted molar refractivity (Wildman–Crippen MR) is 107 cm³/mol. The molecule has 2 unspecified atom stereocenters. The lowest BCUT2D eigenvalue weighted by Gasteiger charge is -2.16. The van der Waals surface area contributed by atoms with Crippen LogP contribution in [0.3, 0.4) is 0 Å². The van der Waals surface area contributed by atoms with E-state index in [1.807, 2.05) is 0 Å². The summed E-state index contributed by atoms with van der Waals surface area (Å²) in [5.41, 5.74) is 2.74. The molecule has 0 spiro atoms. The molecular weight excluding hydrogens is 312 g/mol. The number of aldehydes is 1. The standard InChI is InChI=1S/C22H40O3/c1-18(2)9-7-11-20(5)13-15-24-22(17-23)25-16-14-21(6)12-8-10-19(3)4/h9-10,17,20-22H,7-8,11-16H2,1-6H3. The van der Waals surface area contributed by atoms with Crippen LogP contribution in [0.5, 0.6) is 0 Å². The highest BCUT2D eigenvalue weighted by Crippen LogP contribution is 2.14. The highest BCUT2D eigenvalue weighted by Gasteiger charge is 2.10. The molecular formula is C22H40O3. The molecule has 0 fully saturated rings. The second-order valence-electron chi connectivity index (χ2n) is 7.75.